The number of aromatic nitrogens is 2. The fourth-order valence-corrected chi connectivity index (χ4v) is 1.23. The summed E-state index contributed by atoms with van der Waals surface area (Å²) in [6, 6.07) is 0. The highest BCUT2D eigenvalue weighted by molar-refractivity contribution is 6.32. The van der Waals surface area contributed by atoms with Gasteiger partial charge in [-0.25, -0.2) is 4.98 Å². The minimum Gasteiger partial charge on any atom is -0.368 e. The summed E-state index contributed by atoms with van der Waals surface area (Å²) in [4.78, 5) is 17.6. The van der Waals surface area contributed by atoms with Gasteiger partial charge in [-0.2, -0.15) is 0 Å². The maximum Gasteiger partial charge on any atom is 0.271 e. The third-order valence-electron chi connectivity index (χ3n) is 2.85. The summed E-state index contributed by atoms with van der Waals surface area (Å²) in [6.45, 7) is 9.40. The molecule has 0 radical (unpaired) electrons. The number of halogens is 1. The number of hydrogen-bond donors (Lipinski definition) is 2. The van der Waals surface area contributed by atoms with Crippen LogP contribution >= 0.6 is 11.6 Å². The van der Waals surface area contributed by atoms with Gasteiger partial charge in [0.2, 0.25) is 0 Å². The number of nitrogens with one attached hydrogen (secondary N) is 2. The predicted octanol–water partition coefficient (Wildman–Crippen LogP) is 2.52. The SMILES string of the molecule is CC(CNc1nc[nH]c(=O)c1Cl)C(C)(C)C. The molecular weight excluding hydrogens is 226 g/mol. The Labute approximate surface area is 100 Å². The molecule has 0 fully saturated rings. The van der Waals surface area contributed by atoms with Crippen LogP contribution in [-0.4, -0.2) is 16.5 Å². The molecule has 0 aromatic carbocycles. The van der Waals surface area contributed by atoms with E-state index < -0.39 is 0 Å². The van der Waals surface area contributed by atoms with Crippen LogP contribution in [0.25, 0.3) is 0 Å². The van der Waals surface area contributed by atoms with Gasteiger partial charge in [-0.1, -0.05) is 39.3 Å². The maximum atomic E-state index is 11.2. The first kappa shape index (κ1) is 13.0. The highest BCUT2D eigenvalue weighted by atomic mass is 35.5. The summed E-state index contributed by atoms with van der Waals surface area (Å²) >= 11 is 5.82. The first-order chi connectivity index (χ1) is 7.32. The number of anilines is 1. The molecule has 5 heteroatoms. The Morgan fingerprint density at radius 1 is 1.56 bits per heavy atom. The minimum absolute atomic E-state index is 0.114. The largest absolute Gasteiger partial charge is 0.368 e. The summed E-state index contributed by atoms with van der Waals surface area (Å²) in [5.41, 5.74) is -0.108. The van der Waals surface area contributed by atoms with Crippen LogP contribution in [0.5, 0.6) is 0 Å². The van der Waals surface area contributed by atoms with Gasteiger partial charge in [-0.15, -0.1) is 0 Å². The van der Waals surface area contributed by atoms with Crippen molar-refractivity contribution >= 4 is 17.4 Å². The molecule has 90 valence electrons. The van der Waals surface area contributed by atoms with Crippen LogP contribution in [0.4, 0.5) is 5.82 Å². The molecule has 0 aliphatic rings. The van der Waals surface area contributed by atoms with E-state index in [4.69, 9.17) is 11.6 Å². The number of aromatic amines is 1. The van der Waals surface area contributed by atoms with Crippen LogP contribution in [0.15, 0.2) is 11.1 Å². The van der Waals surface area contributed by atoms with Gasteiger partial charge < -0.3 is 10.3 Å². The molecule has 0 bridgehead atoms. The van der Waals surface area contributed by atoms with Gasteiger partial charge in [-0.05, 0) is 11.3 Å². The van der Waals surface area contributed by atoms with Crippen molar-refractivity contribution < 1.29 is 0 Å². The lowest BCUT2D eigenvalue weighted by Gasteiger charge is -2.27. The Balaban J connectivity index is 2.69. The fraction of sp³-hybridized carbons (Fsp3) is 0.636. The van der Waals surface area contributed by atoms with Crippen molar-refractivity contribution in [2.75, 3.05) is 11.9 Å². The molecule has 4 nitrogen and oxygen atoms in total. The van der Waals surface area contributed by atoms with E-state index in [1.165, 1.54) is 6.33 Å². The second-order valence-electron chi connectivity index (χ2n) is 5.04. The zero-order valence-electron chi connectivity index (χ0n) is 10.1. The van der Waals surface area contributed by atoms with E-state index >= 15 is 0 Å². The van der Waals surface area contributed by atoms with Gasteiger partial charge in [-0.3, -0.25) is 4.79 Å². The van der Waals surface area contributed by atoms with Crippen molar-refractivity contribution in [2.24, 2.45) is 11.3 Å². The van der Waals surface area contributed by atoms with E-state index in [1.807, 2.05) is 0 Å². The lowest BCUT2D eigenvalue weighted by atomic mass is 9.82. The van der Waals surface area contributed by atoms with Crippen LogP contribution in [0.1, 0.15) is 27.7 Å². The molecule has 1 atom stereocenters. The van der Waals surface area contributed by atoms with Crippen LogP contribution in [-0.2, 0) is 0 Å². The fourth-order valence-electron chi connectivity index (χ4n) is 1.06. The zero-order chi connectivity index (χ0) is 12.3. The molecule has 1 rings (SSSR count). The van der Waals surface area contributed by atoms with Crippen LogP contribution in [0.2, 0.25) is 5.02 Å². The zero-order valence-corrected chi connectivity index (χ0v) is 10.9. The molecule has 1 unspecified atom stereocenters. The second kappa shape index (κ2) is 4.87. The third kappa shape index (κ3) is 3.23. The Bertz CT molecular complexity index is 408. The smallest absolute Gasteiger partial charge is 0.271 e. The monoisotopic (exact) mass is 243 g/mol. The average Bonchev–Trinajstić information content (AvgIpc) is 2.18. The maximum absolute atomic E-state index is 11.2. The quantitative estimate of drug-likeness (QED) is 0.858. The highest BCUT2D eigenvalue weighted by Crippen LogP contribution is 2.25. The second-order valence-corrected chi connectivity index (χ2v) is 5.42. The van der Waals surface area contributed by atoms with Crippen LogP contribution in [0.3, 0.4) is 0 Å². The van der Waals surface area contributed by atoms with Crippen molar-refractivity contribution in [3.05, 3.63) is 21.7 Å². The summed E-state index contributed by atoms with van der Waals surface area (Å²) < 4.78 is 0. The topological polar surface area (TPSA) is 57.8 Å². The molecule has 1 aromatic rings. The predicted molar refractivity (Wildman–Crippen MR) is 67.0 cm³/mol. The lowest BCUT2D eigenvalue weighted by molar-refractivity contribution is 0.274. The van der Waals surface area contributed by atoms with Crippen LogP contribution < -0.4 is 10.9 Å². The molecule has 0 saturated heterocycles. The van der Waals surface area contributed by atoms with E-state index in [0.29, 0.717) is 11.7 Å². The normalized spacial score (nSPS) is 13.6. The van der Waals surface area contributed by atoms with Crippen LogP contribution in [0, 0.1) is 11.3 Å². The molecule has 0 amide bonds. The summed E-state index contributed by atoms with van der Waals surface area (Å²) in [5, 5.41) is 3.21. The summed E-state index contributed by atoms with van der Waals surface area (Å²) in [7, 11) is 0. The molecule has 16 heavy (non-hydrogen) atoms. The molecule has 0 aliphatic carbocycles. The average molecular weight is 244 g/mol. The summed E-state index contributed by atoms with van der Waals surface area (Å²) in [6.07, 6.45) is 1.35. The number of hydrogen-bond acceptors (Lipinski definition) is 3. The Morgan fingerprint density at radius 3 is 2.75 bits per heavy atom. The number of H-pyrrole nitrogens is 1. The highest BCUT2D eigenvalue weighted by Gasteiger charge is 2.20. The van der Waals surface area contributed by atoms with Crippen molar-refractivity contribution in [1.82, 2.24) is 9.97 Å². The van der Waals surface area contributed by atoms with Gasteiger partial charge in [0, 0.05) is 6.54 Å². The first-order valence-electron chi connectivity index (χ1n) is 5.29. The molecule has 1 heterocycles. The van der Waals surface area contributed by atoms with E-state index in [0.717, 1.165) is 6.54 Å². The van der Waals surface area contributed by atoms with Crippen molar-refractivity contribution in [1.29, 1.82) is 0 Å². The molecule has 1 aromatic heterocycles. The number of rotatable bonds is 3. The van der Waals surface area contributed by atoms with Crippen molar-refractivity contribution in [3.8, 4) is 0 Å². The number of nitrogens with zero attached hydrogens (tertiary/aromatic N) is 1. The molecule has 0 aliphatic heterocycles. The van der Waals surface area contributed by atoms with Gasteiger partial charge in [0.25, 0.3) is 5.56 Å². The van der Waals surface area contributed by atoms with E-state index in [-0.39, 0.29) is 16.0 Å². The van der Waals surface area contributed by atoms with E-state index in [2.05, 4.69) is 43.0 Å². The lowest BCUT2D eigenvalue weighted by Crippen LogP contribution is -2.25. The Hall–Kier alpha value is -1.03. The van der Waals surface area contributed by atoms with E-state index in [9.17, 15) is 4.79 Å². The van der Waals surface area contributed by atoms with Gasteiger partial charge in [0.05, 0.1) is 6.33 Å². The van der Waals surface area contributed by atoms with Gasteiger partial charge >= 0.3 is 0 Å². The Kier molecular flexibility index (Phi) is 3.97. The molecular formula is C11H18ClN3O. The molecule has 0 saturated carbocycles. The summed E-state index contributed by atoms with van der Waals surface area (Å²) in [5.74, 6) is 0.895. The van der Waals surface area contributed by atoms with Crippen molar-refractivity contribution in [3.63, 3.8) is 0 Å². The standard InChI is InChI=1S/C11H18ClN3O/c1-7(11(2,3)4)5-13-9-8(12)10(16)15-6-14-9/h6-7H,5H2,1-4H3,(H2,13,14,15,16). The van der Waals surface area contributed by atoms with Gasteiger partial charge in [0.1, 0.15) is 5.02 Å². The first-order valence-corrected chi connectivity index (χ1v) is 5.67. The Morgan fingerprint density at radius 2 is 2.19 bits per heavy atom. The van der Waals surface area contributed by atoms with Gasteiger partial charge in [0.15, 0.2) is 5.82 Å². The minimum atomic E-state index is -0.317. The molecule has 2 N–H and O–H groups in total. The van der Waals surface area contributed by atoms with E-state index in [1.54, 1.807) is 0 Å². The third-order valence-corrected chi connectivity index (χ3v) is 3.20. The molecule has 0 spiro atoms. The van der Waals surface area contributed by atoms with Crippen molar-refractivity contribution in [2.45, 2.75) is 27.7 Å².